The normalized spacial score (nSPS) is 28.4. The lowest BCUT2D eigenvalue weighted by atomic mass is 9.55. The van der Waals surface area contributed by atoms with Gasteiger partial charge in [-0.25, -0.2) is 9.59 Å². The molecule has 0 unspecified atom stereocenters. The molecule has 6 rings (SSSR count). The van der Waals surface area contributed by atoms with Gasteiger partial charge in [-0.05, 0) is 112 Å². The summed E-state index contributed by atoms with van der Waals surface area (Å²) in [4.78, 5) is 25.1. The standard InChI is InChI=1S/C28H32O4/c1-28(2,3)32-27(30)22-10-6-20(7-11-22)19-4-8-21(9-5-19)26(29)31-25-23-13-17-12-18(15-23)16-24(25)14-17/h4-11,17-18,23-25H,12-16H2,1-3H3. The first kappa shape index (κ1) is 21.2. The molecule has 4 bridgehead atoms. The number of carbonyl (C=O) groups is 2. The quantitative estimate of drug-likeness (QED) is 0.533. The molecule has 4 aliphatic rings. The fourth-order valence-electron chi connectivity index (χ4n) is 6.19. The molecule has 4 nitrogen and oxygen atoms in total. The van der Waals surface area contributed by atoms with E-state index in [0.717, 1.165) is 23.0 Å². The van der Waals surface area contributed by atoms with Gasteiger partial charge in [-0.15, -0.1) is 0 Å². The fraction of sp³-hybridized carbons (Fsp3) is 0.500. The molecule has 0 atom stereocenters. The van der Waals surface area contributed by atoms with E-state index < -0.39 is 5.60 Å². The average molecular weight is 433 g/mol. The van der Waals surface area contributed by atoms with Gasteiger partial charge in [0, 0.05) is 0 Å². The zero-order valence-corrected chi connectivity index (χ0v) is 19.2. The lowest BCUT2D eigenvalue weighted by Crippen LogP contribution is -2.50. The summed E-state index contributed by atoms with van der Waals surface area (Å²) in [5, 5.41) is 0. The van der Waals surface area contributed by atoms with Crippen LogP contribution in [-0.4, -0.2) is 23.6 Å². The number of hydrogen-bond donors (Lipinski definition) is 0. The highest BCUT2D eigenvalue weighted by Gasteiger charge is 2.49. The molecule has 2 aromatic carbocycles. The van der Waals surface area contributed by atoms with Gasteiger partial charge in [-0.2, -0.15) is 0 Å². The van der Waals surface area contributed by atoms with Crippen LogP contribution in [0, 0.1) is 23.7 Å². The lowest BCUT2D eigenvalue weighted by molar-refractivity contribution is -0.101. The maximum atomic E-state index is 12.8. The maximum absolute atomic E-state index is 12.8. The molecule has 4 saturated carbocycles. The second-order valence-electron chi connectivity index (χ2n) is 11.0. The van der Waals surface area contributed by atoms with E-state index >= 15 is 0 Å². The van der Waals surface area contributed by atoms with Crippen LogP contribution in [0.5, 0.6) is 0 Å². The van der Waals surface area contributed by atoms with Gasteiger partial charge >= 0.3 is 11.9 Å². The van der Waals surface area contributed by atoms with Gasteiger partial charge in [-0.3, -0.25) is 0 Å². The SMILES string of the molecule is CC(C)(C)OC(=O)c1ccc(-c2ccc(C(=O)OC3C4CC5CC(C4)CC3C5)cc2)cc1. The zero-order chi connectivity index (χ0) is 22.5. The molecule has 0 N–H and O–H groups in total. The van der Waals surface area contributed by atoms with E-state index in [9.17, 15) is 9.59 Å². The maximum Gasteiger partial charge on any atom is 0.338 e. The molecule has 4 aliphatic carbocycles. The average Bonchev–Trinajstić information content (AvgIpc) is 2.75. The highest BCUT2D eigenvalue weighted by molar-refractivity contribution is 5.91. The van der Waals surface area contributed by atoms with Crippen molar-refractivity contribution in [2.24, 2.45) is 23.7 Å². The van der Waals surface area contributed by atoms with Crippen molar-refractivity contribution < 1.29 is 19.1 Å². The Hall–Kier alpha value is -2.62. The highest BCUT2D eigenvalue weighted by atomic mass is 16.6. The van der Waals surface area contributed by atoms with Crippen molar-refractivity contribution >= 4 is 11.9 Å². The van der Waals surface area contributed by atoms with Gasteiger partial charge in [0.15, 0.2) is 0 Å². The number of benzene rings is 2. The summed E-state index contributed by atoms with van der Waals surface area (Å²) in [7, 11) is 0. The smallest absolute Gasteiger partial charge is 0.338 e. The Kier molecular flexibility index (Phi) is 5.35. The van der Waals surface area contributed by atoms with Crippen molar-refractivity contribution in [3.63, 3.8) is 0 Å². The molecule has 0 spiro atoms. The molecule has 0 amide bonds. The molecule has 0 aromatic heterocycles. The molecule has 168 valence electrons. The molecular formula is C28H32O4. The number of esters is 2. The molecule has 0 aliphatic heterocycles. The fourth-order valence-corrected chi connectivity index (χ4v) is 6.19. The summed E-state index contributed by atoms with van der Waals surface area (Å²) in [6, 6.07) is 14.9. The molecule has 0 heterocycles. The number of rotatable bonds is 4. The van der Waals surface area contributed by atoms with E-state index in [2.05, 4.69) is 0 Å². The van der Waals surface area contributed by atoms with Crippen LogP contribution in [0.2, 0.25) is 0 Å². The molecule has 4 heteroatoms. The van der Waals surface area contributed by atoms with Crippen LogP contribution in [-0.2, 0) is 9.47 Å². The van der Waals surface area contributed by atoms with Gasteiger partial charge in [0.25, 0.3) is 0 Å². The second-order valence-corrected chi connectivity index (χ2v) is 11.0. The third-order valence-corrected chi connectivity index (χ3v) is 7.36. The Morgan fingerprint density at radius 2 is 1.12 bits per heavy atom. The lowest BCUT2D eigenvalue weighted by Gasteiger charge is -2.53. The van der Waals surface area contributed by atoms with Crippen molar-refractivity contribution in [3.8, 4) is 11.1 Å². The molecule has 2 aromatic rings. The van der Waals surface area contributed by atoms with Crippen molar-refractivity contribution in [1.82, 2.24) is 0 Å². The Morgan fingerprint density at radius 1 is 0.688 bits per heavy atom. The third kappa shape index (κ3) is 4.32. The summed E-state index contributed by atoms with van der Waals surface area (Å²) in [6.45, 7) is 5.57. The monoisotopic (exact) mass is 432 g/mol. The summed E-state index contributed by atoms with van der Waals surface area (Å²) in [5.74, 6) is 2.35. The molecular weight excluding hydrogens is 400 g/mol. The van der Waals surface area contributed by atoms with Crippen LogP contribution in [0.1, 0.15) is 73.6 Å². The topological polar surface area (TPSA) is 52.6 Å². The molecule has 4 fully saturated rings. The van der Waals surface area contributed by atoms with Crippen LogP contribution < -0.4 is 0 Å². The minimum Gasteiger partial charge on any atom is -0.458 e. The van der Waals surface area contributed by atoms with Gasteiger partial charge < -0.3 is 9.47 Å². The van der Waals surface area contributed by atoms with Crippen LogP contribution in [0.25, 0.3) is 11.1 Å². The first-order chi connectivity index (χ1) is 15.2. The Balaban J connectivity index is 1.23. The van der Waals surface area contributed by atoms with Crippen molar-refractivity contribution in [3.05, 3.63) is 59.7 Å². The van der Waals surface area contributed by atoms with Crippen LogP contribution in [0.4, 0.5) is 0 Å². The van der Waals surface area contributed by atoms with Gasteiger partial charge in [0.05, 0.1) is 11.1 Å². The Labute approximate surface area is 190 Å². The van der Waals surface area contributed by atoms with Gasteiger partial charge in [0.1, 0.15) is 11.7 Å². The second kappa shape index (κ2) is 8.06. The van der Waals surface area contributed by atoms with E-state index in [1.54, 1.807) is 12.1 Å². The summed E-state index contributed by atoms with van der Waals surface area (Å²) >= 11 is 0. The van der Waals surface area contributed by atoms with E-state index in [1.807, 2.05) is 57.2 Å². The third-order valence-electron chi connectivity index (χ3n) is 7.36. The van der Waals surface area contributed by atoms with E-state index in [1.165, 1.54) is 32.1 Å². The van der Waals surface area contributed by atoms with Gasteiger partial charge in [0.2, 0.25) is 0 Å². The minimum atomic E-state index is -0.517. The first-order valence-electron chi connectivity index (χ1n) is 11.9. The largest absolute Gasteiger partial charge is 0.458 e. The van der Waals surface area contributed by atoms with Gasteiger partial charge in [-0.1, -0.05) is 24.3 Å². The molecule has 32 heavy (non-hydrogen) atoms. The number of hydrogen-bond acceptors (Lipinski definition) is 4. The summed E-state index contributed by atoms with van der Waals surface area (Å²) < 4.78 is 11.5. The molecule has 0 saturated heterocycles. The van der Waals surface area contributed by atoms with Crippen molar-refractivity contribution in [1.29, 1.82) is 0 Å². The Morgan fingerprint density at radius 3 is 1.56 bits per heavy atom. The number of ether oxygens (including phenoxy) is 2. The number of carbonyl (C=O) groups excluding carboxylic acids is 2. The van der Waals surface area contributed by atoms with Crippen LogP contribution in [0.3, 0.4) is 0 Å². The van der Waals surface area contributed by atoms with Crippen molar-refractivity contribution in [2.45, 2.75) is 64.6 Å². The van der Waals surface area contributed by atoms with E-state index in [4.69, 9.17) is 9.47 Å². The summed E-state index contributed by atoms with van der Waals surface area (Å²) in [6.07, 6.45) is 6.46. The first-order valence-corrected chi connectivity index (χ1v) is 11.9. The zero-order valence-electron chi connectivity index (χ0n) is 19.2. The summed E-state index contributed by atoms with van der Waals surface area (Å²) in [5.41, 5.74) is 2.59. The van der Waals surface area contributed by atoms with Crippen LogP contribution in [0.15, 0.2) is 48.5 Å². The predicted molar refractivity (Wildman–Crippen MR) is 123 cm³/mol. The Bertz CT molecular complexity index is 969. The predicted octanol–water partition coefficient (Wildman–Crippen LogP) is 6.29. The highest BCUT2D eigenvalue weighted by Crippen LogP contribution is 2.54. The minimum absolute atomic E-state index is 0.107. The van der Waals surface area contributed by atoms with Crippen LogP contribution >= 0.6 is 0 Å². The van der Waals surface area contributed by atoms with E-state index in [-0.39, 0.29) is 18.0 Å². The molecule has 0 radical (unpaired) electrons. The van der Waals surface area contributed by atoms with E-state index in [0.29, 0.717) is 23.0 Å². The van der Waals surface area contributed by atoms with Crippen molar-refractivity contribution in [2.75, 3.05) is 0 Å².